The number of hydrogen-bond acceptors (Lipinski definition) is 4. The van der Waals surface area contributed by atoms with Crippen molar-refractivity contribution in [3.05, 3.63) is 64.1 Å². The zero-order valence-corrected chi connectivity index (χ0v) is 11.3. The number of furan rings is 1. The average Bonchev–Trinajstić information content (AvgIpc) is 3.20. The third-order valence-electron chi connectivity index (χ3n) is 3.48. The standard InChI is InChI=1S/C15H14N2O4/c18-15(11-3-5-13(6-4-11)17(19)20)16(12-7-8-12)10-14-2-1-9-21-14/h1-6,9,12H,7-8,10H2. The minimum absolute atomic E-state index is 0.0180. The quantitative estimate of drug-likeness (QED) is 0.625. The number of carbonyl (C=O) groups is 1. The summed E-state index contributed by atoms with van der Waals surface area (Å²) >= 11 is 0. The molecule has 0 atom stereocenters. The van der Waals surface area contributed by atoms with Gasteiger partial charge in [-0.25, -0.2) is 0 Å². The highest BCUT2D eigenvalue weighted by Gasteiger charge is 2.33. The minimum atomic E-state index is -0.476. The van der Waals surface area contributed by atoms with E-state index in [0.717, 1.165) is 18.6 Å². The predicted octanol–water partition coefficient (Wildman–Crippen LogP) is 2.99. The van der Waals surface area contributed by atoms with Gasteiger partial charge in [-0.3, -0.25) is 14.9 Å². The molecule has 2 aromatic rings. The summed E-state index contributed by atoms with van der Waals surface area (Å²) in [7, 11) is 0. The molecule has 1 aliphatic carbocycles. The summed E-state index contributed by atoms with van der Waals surface area (Å²) < 4.78 is 5.30. The second-order valence-corrected chi connectivity index (χ2v) is 5.05. The van der Waals surface area contributed by atoms with E-state index in [1.54, 1.807) is 17.2 Å². The molecule has 3 rings (SSSR count). The minimum Gasteiger partial charge on any atom is -0.467 e. The predicted molar refractivity (Wildman–Crippen MR) is 74.7 cm³/mol. The number of hydrogen-bond donors (Lipinski definition) is 0. The molecule has 0 aliphatic heterocycles. The molecule has 0 spiro atoms. The maximum Gasteiger partial charge on any atom is 0.269 e. The SMILES string of the molecule is O=C(c1ccc([N+](=O)[O-])cc1)N(Cc1ccco1)C1CC1. The highest BCUT2D eigenvalue weighted by Crippen LogP contribution is 2.30. The van der Waals surface area contributed by atoms with Gasteiger partial charge >= 0.3 is 0 Å². The van der Waals surface area contributed by atoms with E-state index < -0.39 is 4.92 Å². The number of nitro groups is 1. The molecule has 1 fully saturated rings. The van der Waals surface area contributed by atoms with Crippen molar-refractivity contribution in [2.24, 2.45) is 0 Å². The smallest absolute Gasteiger partial charge is 0.269 e. The van der Waals surface area contributed by atoms with Crippen molar-refractivity contribution in [2.75, 3.05) is 0 Å². The molecule has 108 valence electrons. The lowest BCUT2D eigenvalue weighted by molar-refractivity contribution is -0.384. The van der Waals surface area contributed by atoms with E-state index in [1.807, 2.05) is 6.07 Å². The van der Waals surface area contributed by atoms with Crippen LogP contribution in [0.4, 0.5) is 5.69 Å². The Morgan fingerprint density at radius 3 is 2.52 bits per heavy atom. The van der Waals surface area contributed by atoms with Gasteiger partial charge < -0.3 is 9.32 Å². The fraction of sp³-hybridized carbons (Fsp3) is 0.267. The maximum absolute atomic E-state index is 12.5. The van der Waals surface area contributed by atoms with E-state index in [-0.39, 0.29) is 17.6 Å². The number of nitro benzene ring substituents is 1. The van der Waals surface area contributed by atoms with Gasteiger partial charge in [0.1, 0.15) is 5.76 Å². The van der Waals surface area contributed by atoms with E-state index in [9.17, 15) is 14.9 Å². The van der Waals surface area contributed by atoms with Crippen LogP contribution in [0.3, 0.4) is 0 Å². The molecular formula is C15H14N2O4. The lowest BCUT2D eigenvalue weighted by Crippen LogP contribution is -2.32. The topological polar surface area (TPSA) is 76.6 Å². The van der Waals surface area contributed by atoms with Crippen LogP contribution in [-0.2, 0) is 6.54 Å². The van der Waals surface area contributed by atoms with Crippen molar-refractivity contribution >= 4 is 11.6 Å². The van der Waals surface area contributed by atoms with E-state index in [1.165, 1.54) is 24.3 Å². The number of non-ortho nitro benzene ring substituents is 1. The Kier molecular flexibility index (Phi) is 3.43. The molecule has 0 bridgehead atoms. The van der Waals surface area contributed by atoms with Crippen molar-refractivity contribution in [1.82, 2.24) is 4.90 Å². The summed E-state index contributed by atoms with van der Waals surface area (Å²) in [6.45, 7) is 0.424. The highest BCUT2D eigenvalue weighted by atomic mass is 16.6. The van der Waals surface area contributed by atoms with Crippen LogP contribution in [0, 0.1) is 10.1 Å². The van der Waals surface area contributed by atoms with Crippen molar-refractivity contribution in [3.8, 4) is 0 Å². The Balaban J connectivity index is 1.79. The van der Waals surface area contributed by atoms with Crippen molar-refractivity contribution in [1.29, 1.82) is 0 Å². The van der Waals surface area contributed by atoms with Gasteiger partial charge in [-0.15, -0.1) is 0 Å². The van der Waals surface area contributed by atoms with Crippen molar-refractivity contribution in [2.45, 2.75) is 25.4 Å². The van der Waals surface area contributed by atoms with Gasteiger partial charge in [0, 0.05) is 23.7 Å². The number of rotatable bonds is 5. The van der Waals surface area contributed by atoms with Gasteiger partial charge in [0.2, 0.25) is 0 Å². The zero-order valence-electron chi connectivity index (χ0n) is 11.3. The molecule has 21 heavy (non-hydrogen) atoms. The first-order valence-corrected chi connectivity index (χ1v) is 6.73. The molecule has 0 N–H and O–H groups in total. The van der Waals surface area contributed by atoms with Crippen LogP contribution in [0.15, 0.2) is 47.1 Å². The van der Waals surface area contributed by atoms with E-state index in [2.05, 4.69) is 0 Å². The van der Waals surface area contributed by atoms with E-state index in [4.69, 9.17) is 4.42 Å². The van der Waals surface area contributed by atoms with Crippen LogP contribution < -0.4 is 0 Å². The number of benzene rings is 1. The molecule has 1 aromatic heterocycles. The second-order valence-electron chi connectivity index (χ2n) is 5.05. The Hall–Kier alpha value is -2.63. The molecular weight excluding hydrogens is 272 g/mol. The summed E-state index contributed by atoms with van der Waals surface area (Å²) in [5, 5.41) is 10.6. The van der Waals surface area contributed by atoms with Gasteiger partial charge in [-0.05, 0) is 37.1 Å². The highest BCUT2D eigenvalue weighted by molar-refractivity contribution is 5.94. The lowest BCUT2D eigenvalue weighted by Gasteiger charge is -2.21. The first-order chi connectivity index (χ1) is 10.1. The monoisotopic (exact) mass is 286 g/mol. The largest absolute Gasteiger partial charge is 0.467 e. The third kappa shape index (κ3) is 2.94. The fourth-order valence-corrected chi connectivity index (χ4v) is 2.21. The van der Waals surface area contributed by atoms with Gasteiger partial charge in [0.25, 0.3) is 11.6 Å². The van der Waals surface area contributed by atoms with Crippen LogP contribution in [0.2, 0.25) is 0 Å². The Bertz CT molecular complexity index is 645. The second kappa shape index (κ2) is 5.40. The Morgan fingerprint density at radius 1 is 1.29 bits per heavy atom. The number of carbonyl (C=O) groups excluding carboxylic acids is 1. The maximum atomic E-state index is 12.5. The summed E-state index contributed by atoms with van der Waals surface area (Å²) in [5.41, 5.74) is 0.439. The zero-order chi connectivity index (χ0) is 14.8. The molecule has 1 heterocycles. The number of nitrogens with zero attached hydrogens (tertiary/aromatic N) is 2. The van der Waals surface area contributed by atoms with Crippen LogP contribution in [0.25, 0.3) is 0 Å². The normalized spacial score (nSPS) is 13.9. The summed E-state index contributed by atoms with van der Waals surface area (Å²) in [4.78, 5) is 24.5. The molecule has 6 nitrogen and oxygen atoms in total. The van der Waals surface area contributed by atoms with Crippen molar-refractivity contribution in [3.63, 3.8) is 0 Å². The molecule has 1 amide bonds. The van der Waals surface area contributed by atoms with E-state index in [0.29, 0.717) is 12.1 Å². The van der Waals surface area contributed by atoms with Crippen LogP contribution >= 0.6 is 0 Å². The molecule has 1 aromatic carbocycles. The Labute approximate surface area is 121 Å². The number of amides is 1. The van der Waals surface area contributed by atoms with E-state index >= 15 is 0 Å². The molecule has 0 radical (unpaired) electrons. The van der Waals surface area contributed by atoms with Crippen LogP contribution in [-0.4, -0.2) is 21.8 Å². The van der Waals surface area contributed by atoms with Crippen LogP contribution in [0.1, 0.15) is 29.0 Å². The third-order valence-corrected chi connectivity index (χ3v) is 3.48. The molecule has 6 heteroatoms. The van der Waals surface area contributed by atoms with Gasteiger partial charge in [-0.2, -0.15) is 0 Å². The summed E-state index contributed by atoms with van der Waals surface area (Å²) in [6, 6.07) is 9.56. The van der Waals surface area contributed by atoms with Gasteiger partial charge in [0.15, 0.2) is 0 Å². The van der Waals surface area contributed by atoms with Crippen molar-refractivity contribution < 1.29 is 14.1 Å². The first-order valence-electron chi connectivity index (χ1n) is 6.73. The first kappa shape index (κ1) is 13.4. The van der Waals surface area contributed by atoms with Crippen LogP contribution in [0.5, 0.6) is 0 Å². The van der Waals surface area contributed by atoms with Gasteiger partial charge in [-0.1, -0.05) is 0 Å². The molecule has 1 saturated carbocycles. The average molecular weight is 286 g/mol. The summed E-state index contributed by atoms with van der Waals surface area (Å²) in [5.74, 6) is 0.612. The summed E-state index contributed by atoms with van der Waals surface area (Å²) in [6.07, 6.45) is 3.55. The molecule has 0 unspecified atom stereocenters. The molecule has 1 aliphatic rings. The molecule has 0 saturated heterocycles. The fourth-order valence-electron chi connectivity index (χ4n) is 2.21. The Morgan fingerprint density at radius 2 is 2.00 bits per heavy atom. The van der Waals surface area contributed by atoms with Gasteiger partial charge in [0.05, 0.1) is 17.7 Å². The lowest BCUT2D eigenvalue weighted by atomic mass is 10.1.